The second-order valence-electron chi connectivity index (χ2n) is 4.05. The Morgan fingerprint density at radius 3 is 2.89 bits per heavy atom. The zero-order valence-electron chi connectivity index (χ0n) is 10.5. The first-order valence-electron chi connectivity index (χ1n) is 5.76. The highest BCUT2D eigenvalue weighted by molar-refractivity contribution is 5.94. The third-order valence-corrected chi connectivity index (χ3v) is 2.74. The van der Waals surface area contributed by atoms with Gasteiger partial charge >= 0.3 is 6.03 Å². The highest BCUT2D eigenvalue weighted by Crippen LogP contribution is 2.20. The third kappa shape index (κ3) is 2.79. The summed E-state index contributed by atoms with van der Waals surface area (Å²) in [6.07, 6.45) is 3.85. The van der Waals surface area contributed by atoms with E-state index >= 15 is 0 Å². The van der Waals surface area contributed by atoms with E-state index in [1.54, 1.807) is 17.0 Å². The van der Waals surface area contributed by atoms with Crippen LogP contribution in [0.25, 0.3) is 10.9 Å². The zero-order chi connectivity index (χ0) is 13.8. The second-order valence-corrected chi connectivity index (χ2v) is 4.05. The van der Waals surface area contributed by atoms with Crippen LogP contribution in [0, 0.1) is 0 Å². The fraction of sp³-hybridized carbons (Fsp3) is 0.154. The maximum atomic E-state index is 11.4. The summed E-state index contributed by atoms with van der Waals surface area (Å²) in [6, 6.07) is 6.91. The summed E-state index contributed by atoms with van der Waals surface area (Å²) in [7, 11) is 0. The first-order chi connectivity index (χ1) is 9.09. The molecule has 0 spiro atoms. The van der Waals surface area contributed by atoms with Gasteiger partial charge < -0.3 is 5.73 Å². The summed E-state index contributed by atoms with van der Waals surface area (Å²) in [5, 5.41) is 4.68. The summed E-state index contributed by atoms with van der Waals surface area (Å²) in [5.41, 5.74) is 8.91. The van der Waals surface area contributed by atoms with Gasteiger partial charge in [-0.3, -0.25) is 9.36 Å². The molecule has 0 saturated heterocycles. The minimum Gasteiger partial charge on any atom is -0.350 e. The molecule has 0 saturated carbocycles. The summed E-state index contributed by atoms with van der Waals surface area (Å²) in [4.78, 5) is 21.9. The van der Waals surface area contributed by atoms with E-state index in [0.29, 0.717) is 6.42 Å². The van der Waals surface area contributed by atoms with Crippen LogP contribution in [0.3, 0.4) is 0 Å². The summed E-state index contributed by atoms with van der Waals surface area (Å²) < 4.78 is 1.59. The number of rotatable bonds is 3. The molecule has 6 nitrogen and oxygen atoms in total. The Labute approximate surface area is 109 Å². The lowest BCUT2D eigenvalue weighted by Crippen LogP contribution is -2.24. The van der Waals surface area contributed by atoms with E-state index in [4.69, 9.17) is 5.73 Å². The number of benzene rings is 1. The van der Waals surface area contributed by atoms with Crippen molar-refractivity contribution >= 4 is 29.1 Å². The van der Waals surface area contributed by atoms with Gasteiger partial charge in [-0.25, -0.2) is 10.2 Å². The highest BCUT2D eigenvalue weighted by atomic mass is 16.2. The fourth-order valence-electron chi connectivity index (χ4n) is 1.94. The smallest absolute Gasteiger partial charge is 0.332 e. The van der Waals surface area contributed by atoms with Gasteiger partial charge in [-0.2, -0.15) is 5.10 Å². The van der Waals surface area contributed by atoms with E-state index in [1.807, 2.05) is 24.3 Å². The van der Waals surface area contributed by atoms with Crippen molar-refractivity contribution in [2.75, 3.05) is 0 Å². The Hall–Kier alpha value is -2.63. The summed E-state index contributed by atoms with van der Waals surface area (Å²) >= 11 is 0. The molecule has 0 unspecified atom stereocenters. The van der Waals surface area contributed by atoms with Crippen molar-refractivity contribution in [2.45, 2.75) is 13.3 Å². The van der Waals surface area contributed by atoms with Gasteiger partial charge in [0.15, 0.2) is 0 Å². The average molecular weight is 258 g/mol. The molecule has 3 N–H and O–H groups in total. The van der Waals surface area contributed by atoms with E-state index < -0.39 is 6.03 Å². The number of carbonyl (C=O) groups excluding carboxylic acids is 2. The van der Waals surface area contributed by atoms with Gasteiger partial charge in [-0.05, 0) is 17.7 Å². The summed E-state index contributed by atoms with van der Waals surface area (Å²) in [6.45, 7) is 1.52. The van der Waals surface area contributed by atoms with Gasteiger partial charge in [0, 0.05) is 31.1 Å². The predicted molar refractivity (Wildman–Crippen MR) is 73.2 cm³/mol. The number of aromatic nitrogens is 1. The maximum absolute atomic E-state index is 11.4. The first kappa shape index (κ1) is 12.8. The summed E-state index contributed by atoms with van der Waals surface area (Å²) in [5.74, 6) is -0.0313. The number of nitrogens with two attached hydrogens (primary N) is 1. The number of nitrogens with zero attached hydrogens (tertiary/aromatic N) is 2. The first-order valence-corrected chi connectivity index (χ1v) is 5.76. The van der Waals surface area contributed by atoms with Gasteiger partial charge in [0.25, 0.3) is 0 Å². The van der Waals surface area contributed by atoms with Crippen LogP contribution in [0.4, 0.5) is 4.79 Å². The molecular weight excluding hydrogens is 244 g/mol. The van der Waals surface area contributed by atoms with Crippen LogP contribution in [0.1, 0.15) is 17.3 Å². The van der Waals surface area contributed by atoms with E-state index in [1.165, 1.54) is 6.92 Å². The molecule has 0 aliphatic carbocycles. The van der Waals surface area contributed by atoms with Crippen molar-refractivity contribution in [1.29, 1.82) is 0 Å². The number of carbonyl (C=O) groups is 2. The number of hydrazone groups is 1. The standard InChI is InChI=1S/C13H14N4O2/c1-9(18)17-8-6-11-10(3-2-4-12(11)17)5-7-15-16-13(14)19/h2-4,6-8H,5H2,1H3,(H3,14,16,19)/b15-7+. The van der Waals surface area contributed by atoms with Crippen LogP contribution in [-0.4, -0.2) is 22.7 Å². The number of amides is 2. The molecule has 2 rings (SSSR count). The molecule has 0 bridgehead atoms. The number of primary amides is 1. The van der Waals surface area contributed by atoms with Gasteiger partial charge in [-0.1, -0.05) is 12.1 Å². The van der Waals surface area contributed by atoms with Crippen molar-refractivity contribution in [3.8, 4) is 0 Å². The molecule has 98 valence electrons. The molecule has 1 heterocycles. The zero-order valence-corrected chi connectivity index (χ0v) is 10.5. The van der Waals surface area contributed by atoms with E-state index in [0.717, 1.165) is 16.5 Å². The van der Waals surface area contributed by atoms with E-state index in [2.05, 4.69) is 10.5 Å². The quantitative estimate of drug-likeness (QED) is 0.645. The van der Waals surface area contributed by atoms with Crippen LogP contribution in [0.15, 0.2) is 35.6 Å². The lowest BCUT2D eigenvalue weighted by Gasteiger charge is -2.02. The van der Waals surface area contributed by atoms with Crippen molar-refractivity contribution < 1.29 is 9.59 Å². The van der Waals surface area contributed by atoms with Crippen LogP contribution < -0.4 is 11.2 Å². The molecule has 19 heavy (non-hydrogen) atoms. The lowest BCUT2D eigenvalue weighted by atomic mass is 10.1. The van der Waals surface area contributed by atoms with E-state index in [9.17, 15) is 9.59 Å². The molecule has 0 aliphatic heterocycles. The Bertz CT molecular complexity index is 658. The number of fused-ring (bicyclic) bond motifs is 1. The minimum atomic E-state index is -0.697. The third-order valence-electron chi connectivity index (χ3n) is 2.74. The largest absolute Gasteiger partial charge is 0.350 e. The second kappa shape index (κ2) is 5.34. The van der Waals surface area contributed by atoms with Crippen LogP contribution in [-0.2, 0) is 6.42 Å². The number of hydrogen-bond acceptors (Lipinski definition) is 3. The number of nitrogens with one attached hydrogen (secondary N) is 1. The van der Waals surface area contributed by atoms with Gasteiger partial charge in [0.2, 0.25) is 5.91 Å². The van der Waals surface area contributed by atoms with Crippen molar-refractivity contribution in [3.63, 3.8) is 0 Å². The Morgan fingerprint density at radius 2 is 2.21 bits per heavy atom. The van der Waals surface area contributed by atoms with Crippen molar-refractivity contribution in [2.24, 2.45) is 10.8 Å². The fourth-order valence-corrected chi connectivity index (χ4v) is 1.94. The van der Waals surface area contributed by atoms with Gasteiger partial charge in [0.05, 0.1) is 5.52 Å². The Morgan fingerprint density at radius 1 is 1.42 bits per heavy atom. The Balaban J connectivity index is 2.27. The van der Waals surface area contributed by atoms with Crippen molar-refractivity contribution in [1.82, 2.24) is 9.99 Å². The molecular formula is C13H14N4O2. The van der Waals surface area contributed by atoms with Gasteiger partial charge in [-0.15, -0.1) is 0 Å². The topological polar surface area (TPSA) is 89.5 Å². The number of urea groups is 1. The lowest BCUT2D eigenvalue weighted by molar-refractivity contribution is 0.0941. The number of hydrogen-bond donors (Lipinski definition) is 2. The van der Waals surface area contributed by atoms with Gasteiger partial charge in [0.1, 0.15) is 0 Å². The van der Waals surface area contributed by atoms with Crippen LogP contribution >= 0.6 is 0 Å². The van der Waals surface area contributed by atoms with Crippen LogP contribution in [0.5, 0.6) is 0 Å². The normalized spacial score (nSPS) is 11.0. The van der Waals surface area contributed by atoms with Crippen molar-refractivity contribution in [3.05, 3.63) is 36.0 Å². The molecule has 0 radical (unpaired) electrons. The molecule has 6 heteroatoms. The molecule has 2 aromatic rings. The maximum Gasteiger partial charge on any atom is 0.332 e. The molecule has 0 atom stereocenters. The SMILES string of the molecule is CC(=O)n1ccc2c(C/C=N/NC(N)=O)cccc21. The van der Waals surface area contributed by atoms with Crippen LogP contribution in [0.2, 0.25) is 0 Å². The molecule has 0 aliphatic rings. The molecule has 2 amide bonds. The average Bonchev–Trinajstić information content (AvgIpc) is 2.79. The predicted octanol–water partition coefficient (Wildman–Crippen LogP) is 1.50. The monoisotopic (exact) mass is 258 g/mol. The molecule has 1 aromatic carbocycles. The molecule has 1 aromatic heterocycles. The highest BCUT2D eigenvalue weighted by Gasteiger charge is 2.06. The minimum absolute atomic E-state index is 0.0313. The Kier molecular flexibility index (Phi) is 3.61. The molecule has 0 fully saturated rings. The van der Waals surface area contributed by atoms with E-state index in [-0.39, 0.29) is 5.91 Å².